The lowest BCUT2D eigenvalue weighted by Gasteiger charge is -2.14. The van der Waals surface area contributed by atoms with Crippen molar-refractivity contribution in [3.63, 3.8) is 0 Å². The third-order valence-electron chi connectivity index (χ3n) is 7.77. The van der Waals surface area contributed by atoms with Crippen molar-refractivity contribution in [2.45, 2.75) is 23.6 Å². The van der Waals surface area contributed by atoms with Crippen molar-refractivity contribution in [3.05, 3.63) is 84.0 Å². The molecule has 0 aliphatic heterocycles. The first kappa shape index (κ1) is 23.2. The van der Waals surface area contributed by atoms with E-state index in [1.165, 1.54) is 0 Å². The molecular weight excluding hydrogens is 496 g/mol. The van der Waals surface area contributed by atoms with Gasteiger partial charge >= 0.3 is 0 Å². The van der Waals surface area contributed by atoms with Crippen molar-refractivity contribution in [1.29, 1.82) is 0 Å². The van der Waals surface area contributed by atoms with E-state index in [9.17, 15) is 16.8 Å². The fraction of sp³-hybridized carbons (Fsp3) is 0.308. The Bertz CT molecular complexity index is 1400. The summed E-state index contributed by atoms with van der Waals surface area (Å²) in [5, 5.41) is 8.83. The van der Waals surface area contributed by atoms with E-state index in [0.29, 0.717) is 0 Å². The highest BCUT2D eigenvalue weighted by Crippen LogP contribution is 2.60. The molecule has 10 heteroatoms. The summed E-state index contributed by atoms with van der Waals surface area (Å²) in [4.78, 5) is 5.22. The van der Waals surface area contributed by atoms with Crippen LogP contribution in [0.2, 0.25) is 0 Å². The lowest BCUT2D eigenvalue weighted by atomic mass is 9.88. The van der Waals surface area contributed by atoms with Gasteiger partial charge in [0.25, 0.3) is 20.0 Å². The molecule has 0 aromatic heterocycles. The highest BCUT2D eigenvalue weighted by Gasteiger charge is 2.62. The first-order chi connectivity index (χ1) is 17.2. The number of allylic oxidation sites excluding steroid dienone is 4. The maximum Gasteiger partial charge on any atom is 0.276 e. The lowest BCUT2D eigenvalue weighted by molar-refractivity contribution is 0.343. The van der Waals surface area contributed by atoms with E-state index in [4.69, 9.17) is 0 Å². The van der Waals surface area contributed by atoms with E-state index in [-0.39, 0.29) is 45.3 Å². The molecule has 0 amide bonds. The fourth-order valence-corrected chi connectivity index (χ4v) is 7.74. The fourth-order valence-electron chi connectivity index (χ4n) is 6.09. The van der Waals surface area contributed by atoms with Gasteiger partial charge in [0.15, 0.2) is 0 Å². The Kier molecular flexibility index (Phi) is 5.24. The summed E-state index contributed by atoms with van der Waals surface area (Å²) < 4.78 is 51.1. The predicted molar refractivity (Wildman–Crippen MR) is 137 cm³/mol. The molecule has 2 aromatic rings. The van der Waals surface area contributed by atoms with Crippen molar-refractivity contribution in [2.24, 2.45) is 45.7 Å². The minimum absolute atomic E-state index is 0.0143. The summed E-state index contributed by atoms with van der Waals surface area (Å²) in [5.41, 5.74) is 3.56. The Morgan fingerprint density at radius 1 is 0.556 bits per heavy atom. The summed E-state index contributed by atoms with van der Waals surface area (Å²) in [5.74, 6) is 0.304. The maximum absolute atomic E-state index is 12.8. The smallest absolute Gasteiger partial charge is 0.200 e. The molecule has 8 nitrogen and oxygen atoms in total. The van der Waals surface area contributed by atoms with Crippen LogP contribution in [0.4, 0.5) is 0 Å². The molecule has 2 N–H and O–H groups in total. The molecule has 2 aromatic carbocycles. The zero-order valence-electron chi connectivity index (χ0n) is 19.7. The van der Waals surface area contributed by atoms with Crippen molar-refractivity contribution in [1.82, 2.24) is 9.66 Å². The van der Waals surface area contributed by atoms with Gasteiger partial charge in [0.2, 0.25) is 0 Å². The van der Waals surface area contributed by atoms with Gasteiger partial charge in [-0.2, -0.15) is 27.0 Å². The zero-order chi connectivity index (χ0) is 25.2. The minimum Gasteiger partial charge on any atom is -0.200 e. The highest BCUT2D eigenvalue weighted by atomic mass is 32.2. The Balaban J connectivity index is 1.24. The number of nitrogens with zero attached hydrogens (tertiary/aromatic N) is 2. The third-order valence-corrected chi connectivity index (χ3v) is 10.2. The number of hydrazone groups is 2. The zero-order valence-corrected chi connectivity index (χ0v) is 21.4. The van der Waals surface area contributed by atoms with Crippen LogP contribution in [0.15, 0.2) is 92.8 Å². The van der Waals surface area contributed by atoms with Gasteiger partial charge in [-0.05, 0) is 49.9 Å². The first-order valence-electron chi connectivity index (χ1n) is 11.8. The van der Waals surface area contributed by atoms with Crippen LogP contribution in [0.1, 0.15) is 11.1 Å². The summed E-state index contributed by atoms with van der Waals surface area (Å²) in [6.45, 7) is 3.80. The average Bonchev–Trinajstić information content (AvgIpc) is 3.57. The summed E-state index contributed by atoms with van der Waals surface area (Å²) >= 11 is 0. The molecule has 186 valence electrons. The highest BCUT2D eigenvalue weighted by molar-refractivity contribution is 7.89. The van der Waals surface area contributed by atoms with Gasteiger partial charge in [0, 0.05) is 23.7 Å². The van der Waals surface area contributed by atoms with E-state index in [2.05, 4.69) is 44.2 Å². The normalized spacial score (nSPS) is 31.9. The van der Waals surface area contributed by atoms with Crippen molar-refractivity contribution in [2.75, 3.05) is 0 Å². The lowest BCUT2D eigenvalue weighted by Crippen LogP contribution is -2.26. The number of nitrogens with one attached hydrogen (secondary N) is 2. The number of aryl methyl sites for hydroxylation is 2. The van der Waals surface area contributed by atoms with E-state index >= 15 is 0 Å². The monoisotopic (exact) mass is 522 g/mol. The molecule has 0 radical (unpaired) electrons. The number of rotatable bonds is 6. The SMILES string of the molecule is Cc1ccc(S(=O)(=O)NN=C2[C@H]3C=C[C@H]4C(=NNS(=O)(=O)c5ccc(C)cc5)[C@H]5C=C[C@@H]2C5C34)cc1. The second-order valence-electron chi connectivity index (χ2n) is 9.92. The van der Waals surface area contributed by atoms with Gasteiger partial charge in [-0.15, -0.1) is 0 Å². The summed E-state index contributed by atoms with van der Waals surface area (Å²) in [7, 11) is -7.55. The molecule has 4 aliphatic carbocycles. The second kappa shape index (κ2) is 8.14. The largest absolute Gasteiger partial charge is 0.276 e. The molecule has 2 unspecified atom stereocenters. The van der Waals surface area contributed by atoms with Gasteiger partial charge in [-0.1, -0.05) is 59.7 Å². The topological polar surface area (TPSA) is 117 Å². The van der Waals surface area contributed by atoms with Gasteiger partial charge in [-0.25, -0.2) is 9.66 Å². The number of hydrogen-bond donors (Lipinski definition) is 2. The van der Waals surface area contributed by atoms with E-state index in [0.717, 1.165) is 22.6 Å². The molecule has 0 saturated heterocycles. The summed E-state index contributed by atoms with van der Waals surface area (Å²) in [6, 6.07) is 13.3. The third kappa shape index (κ3) is 3.62. The second-order valence-corrected chi connectivity index (χ2v) is 13.2. The Labute approximate surface area is 211 Å². The molecule has 6 rings (SSSR count). The van der Waals surface area contributed by atoms with Crippen LogP contribution in [0, 0.1) is 49.4 Å². The van der Waals surface area contributed by atoms with Gasteiger partial charge < -0.3 is 0 Å². The molecular formula is C26H26N4O4S2. The van der Waals surface area contributed by atoms with E-state index in [1.807, 2.05) is 13.8 Å². The Morgan fingerprint density at radius 2 is 0.861 bits per heavy atom. The van der Waals surface area contributed by atoms with Gasteiger partial charge in [0.1, 0.15) is 0 Å². The van der Waals surface area contributed by atoms with E-state index < -0.39 is 20.0 Å². The predicted octanol–water partition coefficient (Wildman–Crippen LogP) is 3.14. The molecule has 6 atom stereocenters. The molecule has 36 heavy (non-hydrogen) atoms. The number of hydrogen-bond acceptors (Lipinski definition) is 6. The van der Waals surface area contributed by atoms with E-state index in [1.54, 1.807) is 48.5 Å². The van der Waals surface area contributed by atoms with Crippen LogP contribution in [-0.2, 0) is 20.0 Å². The standard InChI is InChI=1S/C26H26N4O4S2/c1-15-3-7-17(8-4-15)35(31,32)29-27-25-19-11-13-21-23(19)24-20(25)12-14-22(24)26(21)28-30-36(33,34)18-9-5-16(2)6-10-18/h3-14,19-24,29-30H,1-2H3/t19-,20+,21+,22-,23?,24?. The first-order valence-corrected chi connectivity index (χ1v) is 14.8. The van der Waals surface area contributed by atoms with Gasteiger partial charge in [-0.3, -0.25) is 0 Å². The van der Waals surface area contributed by atoms with Crippen molar-refractivity contribution in [3.8, 4) is 0 Å². The molecule has 0 heterocycles. The molecule has 2 fully saturated rings. The Hall–Kier alpha value is -3.24. The molecule has 0 spiro atoms. The van der Waals surface area contributed by atoms with Crippen LogP contribution in [0.5, 0.6) is 0 Å². The van der Waals surface area contributed by atoms with Crippen LogP contribution in [-0.4, -0.2) is 28.3 Å². The average molecular weight is 523 g/mol. The number of benzene rings is 2. The number of sulfonamides is 2. The van der Waals surface area contributed by atoms with Gasteiger partial charge in [0.05, 0.1) is 21.2 Å². The quantitative estimate of drug-likeness (QED) is 0.448. The van der Waals surface area contributed by atoms with Crippen LogP contribution in [0.25, 0.3) is 0 Å². The molecule has 4 aliphatic rings. The summed E-state index contributed by atoms with van der Waals surface area (Å²) in [6.07, 6.45) is 8.23. The van der Waals surface area contributed by atoms with Crippen LogP contribution in [0.3, 0.4) is 0 Å². The molecule has 0 bridgehead atoms. The van der Waals surface area contributed by atoms with Crippen LogP contribution >= 0.6 is 0 Å². The van der Waals surface area contributed by atoms with Crippen LogP contribution < -0.4 is 9.66 Å². The Morgan fingerprint density at radius 3 is 1.17 bits per heavy atom. The van der Waals surface area contributed by atoms with Crippen molar-refractivity contribution < 1.29 is 16.8 Å². The molecule has 2 saturated carbocycles. The van der Waals surface area contributed by atoms with Crippen molar-refractivity contribution >= 4 is 31.5 Å². The minimum atomic E-state index is -3.78. The maximum atomic E-state index is 12.8.